The lowest BCUT2D eigenvalue weighted by atomic mass is 9.73. The molecule has 1 fully saturated rings. The lowest BCUT2D eigenvalue weighted by molar-refractivity contribution is -0.133. The number of benzene rings is 2. The first kappa shape index (κ1) is 25.8. The molecule has 8 heteroatoms. The molecule has 3 aliphatic rings. The number of nitrogens with zero attached hydrogens (tertiary/aromatic N) is 2. The fraction of sp³-hybridized carbons (Fsp3) is 0.433. The van der Waals surface area contributed by atoms with Crippen LogP contribution in [0.4, 0.5) is 11.4 Å². The Morgan fingerprint density at radius 3 is 2.45 bits per heavy atom. The normalized spacial score (nSPS) is 21.2. The van der Waals surface area contributed by atoms with E-state index in [4.69, 9.17) is 10.5 Å². The van der Waals surface area contributed by atoms with Crippen molar-refractivity contribution in [1.82, 2.24) is 4.90 Å². The molecular weight excluding hydrogens is 480 g/mol. The molecular formula is C30H36N4O4. The number of anilines is 2. The topological polar surface area (TPSA) is 105 Å². The maximum Gasteiger partial charge on any atom is 0.242 e. The van der Waals surface area contributed by atoms with Gasteiger partial charge in [-0.15, -0.1) is 0 Å². The van der Waals surface area contributed by atoms with Gasteiger partial charge in [0, 0.05) is 42.3 Å². The van der Waals surface area contributed by atoms with E-state index in [1.54, 1.807) is 12.0 Å². The van der Waals surface area contributed by atoms with Gasteiger partial charge in [0.15, 0.2) is 5.78 Å². The highest BCUT2D eigenvalue weighted by atomic mass is 16.5. The summed E-state index contributed by atoms with van der Waals surface area (Å²) >= 11 is 0. The Bertz CT molecular complexity index is 1290. The first-order valence-electron chi connectivity index (χ1n) is 13.3. The zero-order chi connectivity index (χ0) is 27.0. The van der Waals surface area contributed by atoms with E-state index in [0.717, 1.165) is 29.1 Å². The third-order valence-electron chi connectivity index (χ3n) is 7.99. The molecule has 200 valence electrons. The molecule has 1 atom stereocenters. The number of ether oxygens (including phenoxy) is 1. The second-order valence-corrected chi connectivity index (χ2v) is 11.3. The van der Waals surface area contributed by atoms with Crippen molar-refractivity contribution in [1.29, 1.82) is 0 Å². The summed E-state index contributed by atoms with van der Waals surface area (Å²) in [4.78, 5) is 43.1. The highest BCUT2D eigenvalue weighted by molar-refractivity contribution is 6.02. The molecule has 3 N–H and O–H groups in total. The van der Waals surface area contributed by atoms with E-state index in [2.05, 4.69) is 19.2 Å². The van der Waals surface area contributed by atoms with Gasteiger partial charge in [0.2, 0.25) is 11.8 Å². The summed E-state index contributed by atoms with van der Waals surface area (Å²) in [6, 6.07) is 15.1. The molecule has 2 aliphatic heterocycles. The van der Waals surface area contributed by atoms with Crippen molar-refractivity contribution in [3.63, 3.8) is 0 Å². The van der Waals surface area contributed by atoms with Crippen LogP contribution in [0.5, 0.6) is 5.75 Å². The van der Waals surface area contributed by atoms with Crippen LogP contribution >= 0.6 is 0 Å². The first-order valence-corrected chi connectivity index (χ1v) is 13.3. The van der Waals surface area contributed by atoms with Gasteiger partial charge >= 0.3 is 0 Å². The van der Waals surface area contributed by atoms with Crippen LogP contribution in [-0.4, -0.2) is 49.2 Å². The summed E-state index contributed by atoms with van der Waals surface area (Å²) in [6.07, 6.45) is 2.28. The SMILES string of the molecule is COc1ccccc1C1C2=C(CC(C)(C)CC2=O)Nc2ccccc2N1CC(=O)N1CCC(C(N)=O)CC1. The molecule has 1 unspecified atom stereocenters. The van der Waals surface area contributed by atoms with Gasteiger partial charge in [0.25, 0.3) is 0 Å². The van der Waals surface area contributed by atoms with Gasteiger partial charge in [-0.1, -0.05) is 44.2 Å². The van der Waals surface area contributed by atoms with Crippen molar-refractivity contribution in [2.45, 2.75) is 45.6 Å². The van der Waals surface area contributed by atoms with E-state index in [9.17, 15) is 14.4 Å². The third kappa shape index (κ3) is 4.87. The van der Waals surface area contributed by atoms with Gasteiger partial charge in [-0.05, 0) is 42.9 Å². The number of primary amides is 1. The van der Waals surface area contributed by atoms with Gasteiger partial charge in [-0.25, -0.2) is 0 Å². The molecule has 38 heavy (non-hydrogen) atoms. The van der Waals surface area contributed by atoms with E-state index in [0.29, 0.717) is 43.7 Å². The molecule has 0 aromatic heterocycles. The molecule has 0 spiro atoms. The predicted molar refractivity (Wildman–Crippen MR) is 147 cm³/mol. The maximum absolute atomic E-state index is 13.9. The van der Waals surface area contributed by atoms with Crippen molar-refractivity contribution in [3.8, 4) is 5.75 Å². The molecule has 2 aromatic carbocycles. The van der Waals surface area contributed by atoms with Crippen LogP contribution in [0.2, 0.25) is 0 Å². The smallest absolute Gasteiger partial charge is 0.242 e. The Morgan fingerprint density at radius 2 is 1.74 bits per heavy atom. The number of hydrogen-bond donors (Lipinski definition) is 2. The minimum atomic E-state index is -0.506. The Morgan fingerprint density at radius 1 is 1.05 bits per heavy atom. The molecule has 5 rings (SSSR count). The zero-order valence-electron chi connectivity index (χ0n) is 22.3. The van der Waals surface area contributed by atoms with Crippen LogP contribution in [0.15, 0.2) is 59.8 Å². The molecule has 2 amide bonds. The Balaban J connectivity index is 1.61. The van der Waals surface area contributed by atoms with E-state index in [-0.39, 0.29) is 35.5 Å². The standard InChI is InChI=1S/C30H36N4O4/c1-30(2)16-22-27(24(35)17-30)28(20-8-4-7-11-25(20)38-3)34(23-10-6-5-9-21(23)32-22)18-26(36)33-14-12-19(13-15-33)29(31)37/h4-11,19,28,32H,12-18H2,1-3H3,(H2,31,37). The van der Waals surface area contributed by atoms with Crippen molar-refractivity contribution >= 4 is 29.0 Å². The number of allylic oxidation sites excluding steroid dienone is 1. The highest BCUT2D eigenvalue weighted by Crippen LogP contribution is 2.49. The number of nitrogens with two attached hydrogens (primary N) is 1. The molecule has 1 saturated heterocycles. The number of nitrogens with one attached hydrogen (secondary N) is 1. The minimum Gasteiger partial charge on any atom is -0.496 e. The number of carbonyl (C=O) groups is 3. The van der Waals surface area contributed by atoms with E-state index in [1.165, 1.54) is 0 Å². The van der Waals surface area contributed by atoms with Crippen LogP contribution in [0.1, 0.15) is 51.1 Å². The summed E-state index contributed by atoms with van der Waals surface area (Å²) in [6.45, 7) is 5.28. The van der Waals surface area contributed by atoms with Gasteiger partial charge in [-0.3, -0.25) is 14.4 Å². The third-order valence-corrected chi connectivity index (χ3v) is 7.99. The summed E-state index contributed by atoms with van der Waals surface area (Å²) in [5.74, 6) is 0.196. The number of para-hydroxylation sites is 3. The lowest BCUT2D eigenvalue weighted by Crippen LogP contribution is -2.47. The number of hydrogen-bond acceptors (Lipinski definition) is 6. The molecule has 2 heterocycles. The summed E-state index contributed by atoms with van der Waals surface area (Å²) in [5.41, 5.74) is 9.46. The number of likely N-dealkylation sites (tertiary alicyclic amines) is 1. The number of Topliss-reactive ketones (excluding diaryl/α,β-unsaturated/α-hetero) is 1. The number of ketones is 1. The lowest BCUT2D eigenvalue weighted by Gasteiger charge is -2.39. The van der Waals surface area contributed by atoms with Gasteiger partial charge in [0.1, 0.15) is 5.75 Å². The molecule has 0 bridgehead atoms. The molecule has 8 nitrogen and oxygen atoms in total. The van der Waals surface area contributed by atoms with Crippen LogP contribution in [0.25, 0.3) is 0 Å². The average molecular weight is 517 g/mol. The number of carbonyl (C=O) groups excluding carboxylic acids is 3. The van der Waals surface area contributed by atoms with Crippen molar-refractivity contribution in [2.24, 2.45) is 17.1 Å². The quantitative estimate of drug-likeness (QED) is 0.622. The summed E-state index contributed by atoms with van der Waals surface area (Å²) in [7, 11) is 1.63. The van der Waals surface area contributed by atoms with Gasteiger partial charge in [0.05, 0.1) is 31.1 Å². The Hall–Kier alpha value is -3.81. The van der Waals surface area contributed by atoms with Crippen LogP contribution < -0.4 is 20.7 Å². The number of piperidine rings is 1. The van der Waals surface area contributed by atoms with Crippen molar-refractivity contribution in [3.05, 3.63) is 65.4 Å². The predicted octanol–water partition coefficient (Wildman–Crippen LogP) is 4.04. The van der Waals surface area contributed by atoms with Crippen LogP contribution in [0, 0.1) is 11.3 Å². The molecule has 0 saturated carbocycles. The fourth-order valence-corrected chi connectivity index (χ4v) is 6.10. The van der Waals surface area contributed by atoms with Crippen LogP contribution in [0.3, 0.4) is 0 Å². The van der Waals surface area contributed by atoms with Crippen LogP contribution in [-0.2, 0) is 14.4 Å². The minimum absolute atomic E-state index is 0.0461. The van der Waals surface area contributed by atoms with Crippen molar-refractivity contribution in [2.75, 3.05) is 37.0 Å². The van der Waals surface area contributed by atoms with Gasteiger partial charge < -0.3 is 25.6 Å². The first-order chi connectivity index (χ1) is 18.2. The summed E-state index contributed by atoms with van der Waals surface area (Å²) in [5, 5.41) is 3.59. The van der Waals surface area contributed by atoms with Gasteiger partial charge in [-0.2, -0.15) is 0 Å². The molecule has 0 radical (unpaired) electrons. The number of fused-ring (bicyclic) bond motifs is 1. The van der Waals surface area contributed by atoms with E-state index in [1.807, 2.05) is 53.4 Å². The second-order valence-electron chi connectivity index (χ2n) is 11.3. The van der Waals surface area contributed by atoms with Crippen molar-refractivity contribution < 1.29 is 19.1 Å². The zero-order valence-corrected chi connectivity index (χ0v) is 22.3. The Kier molecular flexibility index (Phi) is 6.90. The number of amides is 2. The Labute approximate surface area is 223 Å². The fourth-order valence-electron chi connectivity index (χ4n) is 6.10. The number of rotatable bonds is 5. The van der Waals surface area contributed by atoms with E-state index < -0.39 is 6.04 Å². The largest absolute Gasteiger partial charge is 0.496 e. The summed E-state index contributed by atoms with van der Waals surface area (Å²) < 4.78 is 5.77. The molecule has 2 aromatic rings. The highest BCUT2D eigenvalue weighted by Gasteiger charge is 2.43. The molecule has 1 aliphatic carbocycles. The average Bonchev–Trinajstić information content (AvgIpc) is 3.02. The van der Waals surface area contributed by atoms with E-state index >= 15 is 0 Å². The number of methoxy groups -OCH3 is 1. The second kappa shape index (κ2) is 10.2. The maximum atomic E-state index is 13.9. The monoisotopic (exact) mass is 516 g/mol.